The monoisotopic (exact) mass is 451 g/mol. The third-order valence-corrected chi connectivity index (χ3v) is 6.21. The number of hydrogen-bond donors (Lipinski definition) is 1. The van der Waals surface area contributed by atoms with Crippen molar-refractivity contribution in [1.82, 2.24) is 10.2 Å². The number of anilines is 1. The van der Waals surface area contributed by atoms with E-state index in [0.717, 1.165) is 5.56 Å². The molecule has 0 saturated carbocycles. The minimum atomic E-state index is -0.888. The van der Waals surface area contributed by atoms with Crippen molar-refractivity contribution in [2.75, 3.05) is 4.90 Å². The fraction of sp³-hybridized carbons (Fsp3) is 0.250. The summed E-state index contributed by atoms with van der Waals surface area (Å²) in [5.74, 6) is -2.46. The third kappa shape index (κ3) is 3.82. The lowest BCUT2D eigenvalue weighted by molar-refractivity contribution is -0.132. The van der Waals surface area contributed by atoms with E-state index in [0.29, 0.717) is 10.6 Å². The zero-order chi connectivity index (χ0) is 23.2. The van der Waals surface area contributed by atoms with E-state index < -0.39 is 23.5 Å². The Balaban J connectivity index is 1.91. The Morgan fingerprint density at radius 1 is 1.03 bits per heavy atom. The van der Waals surface area contributed by atoms with Gasteiger partial charge in [0.2, 0.25) is 5.13 Å². The van der Waals surface area contributed by atoms with Crippen molar-refractivity contribution in [1.29, 1.82) is 0 Å². The first-order valence-electron chi connectivity index (χ1n) is 10.1. The van der Waals surface area contributed by atoms with Gasteiger partial charge in [-0.25, -0.2) is 4.39 Å². The molecule has 1 saturated heterocycles. The summed E-state index contributed by atoms with van der Waals surface area (Å²) in [6.07, 6.45) is 0. The van der Waals surface area contributed by atoms with Gasteiger partial charge in [0.25, 0.3) is 5.78 Å². The third-order valence-electron chi connectivity index (χ3n) is 5.38. The number of aliphatic hydroxyl groups is 1. The molecule has 2 aromatic carbocycles. The van der Waals surface area contributed by atoms with Gasteiger partial charge in [-0.15, -0.1) is 10.2 Å². The number of aliphatic hydroxyl groups excluding tert-OH is 1. The van der Waals surface area contributed by atoms with E-state index in [1.165, 1.54) is 40.5 Å². The summed E-state index contributed by atoms with van der Waals surface area (Å²) >= 11 is 1.18. The number of halogens is 1. The lowest BCUT2D eigenvalue weighted by Crippen LogP contribution is -2.29. The highest BCUT2D eigenvalue weighted by molar-refractivity contribution is 7.15. The molecule has 1 aliphatic heterocycles. The van der Waals surface area contributed by atoms with Crippen molar-refractivity contribution in [2.45, 2.75) is 39.2 Å². The van der Waals surface area contributed by atoms with E-state index >= 15 is 0 Å². The van der Waals surface area contributed by atoms with Gasteiger partial charge in [0.15, 0.2) is 0 Å². The van der Waals surface area contributed by atoms with Gasteiger partial charge >= 0.3 is 5.91 Å². The second kappa shape index (κ2) is 7.94. The number of hydrogen-bond acceptors (Lipinski definition) is 6. The number of carbonyl (C=O) groups is 2. The van der Waals surface area contributed by atoms with Crippen LogP contribution in [-0.2, 0) is 15.0 Å². The second-order valence-corrected chi connectivity index (χ2v) is 9.81. The van der Waals surface area contributed by atoms with Crippen LogP contribution >= 0.6 is 11.3 Å². The number of amides is 1. The molecule has 6 nitrogen and oxygen atoms in total. The zero-order valence-electron chi connectivity index (χ0n) is 18.1. The highest BCUT2D eigenvalue weighted by Gasteiger charge is 2.48. The normalized spacial score (nSPS) is 18.4. The van der Waals surface area contributed by atoms with E-state index in [1.807, 2.05) is 24.3 Å². The molecule has 1 fully saturated rings. The molecule has 32 heavy (non-hydrogen) atoms. The van der Waals surface area contributed by atoms with Gasteiger partial charge in [-0.05, 0) is 47.7 Å². The van der Waals surface area contributed by atoms with Crippen molar-refractivity contribution in [3.05, 3.63) is 81.6 Å². The molecule has 1 aliphatic rings. The molecule has 0 bridgehead atoms. The molecule has 1 N–H and O–H groups in total. The highest BCUT2D eigenvalue weighted by atomic mass is 32.1. The summed E-state index contributed by atoms with van der Waals surface area (Å²) in [5.41, 5.74) is 1.83. The fourth-order valence-corrected chi connectivity index (χ4v) is 4.37. The van der Waals surface area contributed by atoms with E-state index in [4.69, 9.17) is 0 Å². The van der Waals surface area contributed by atoms with Crippen LogP contribution in [-0.4, -0.2) is 27.0 Å². The zero-order valence-corrected chi connectivity index (χ0v) is 18.9. The molecule has 0 aliphatic carbocycles. The molecule has 1 aromatic heterocycles. The molecular weight excluding hydrogens is 429 g/mol. The van der Waals surface area contributed by atoms with E-state index in [9.17, 15) is 19.1 Å². The summed E-state index contributed by atoms with van der Waals surface area (Å²) in [7, 11) is 0. The quantitative estimate of drug-likeness (QED) is 0.348. The van der Waals surface area contributed by atoms with Crippen molar-refractivity contribution < 1.29 is 19.1 Å². The summed E-state index contributed by atoms with van der Waals surface area (Å²) in [5, 5.41) is 20.0. The summed E-state index contributed by atoms with van der Waals surface area (Å²) in [4.78, 5) is 27.4. The van der Waals surface area contributed by atoms with Crippen molar-refractivity contribution in [2.24, 2.45) is 0 Å². The predicted octanol–water partition coefficient (Wildman–Crippen LogP) is 4.91. The van der Waals surface area contributed by atoms with Gasteiger partial charge in [0.1, 0.15) is 16.6 Å². The van der Waals surface area contributed by atoms with Crippen LogP contribution in [0.2, 0.25) is 0 Å². The summed E-state index contributed by atoms with van der Waals surface area (Å²) < 4.78 is 13.4. The van der Waals surface area contributed by atoms with Gasteiger partial charge < -0.3 is 5.11 Å². The predicted molar refractivity (Wildman–Crippen MR) is 121 cm³/mol. The molecule has 8 heteroatoms. The Labute approximate surface area is 189 Å². The van der Waals surface area contributed by atoms with Crippen LogP contribution < -0.4 is 4.90 Å². The highest BCUT2D eigenvalue weighted by Crippen LogP contribution is 2.43. The van der Waals surface area contributed by atoms with Gasteiger partial charge in [-0.2, -0.15) is 0 Å². The summed E-state index contributed by atoms with van der Waals surface area (Å²) in [6.45, 7) is 8.02. The smallest absolute Gasteiger partial charge is 0.301 e. The fourth-order valence-electron chi connectivity index (χ4n) is 3.66. The Kier molecular flexibility index (Phi) is 5.42. The van der Waals surface area contributed by atoms with E-state index in [2.05, 4.69) is 31.0 Å². The van der Waals surface area contributed by atoms with Gasteiger partial charge in [0, 0.05) is 5.56 Å². The van der Waals surface area contributed by atoms with Crippen LogP contribution in [0.5, 0.6) is 0 Å². The second-order valence-electron chi connectivity index (χ2n) is 8.65. The van der Waals surface area contributed by atoms with Crippen LogP contribution in [0.15, 0.2) is 54.1 Å². The molecular formula is C24H22FN3O3S. The van der Waals surface area contributed by atoms with Gasteiger partial charge in [-0.1, -0.05) is 56.4 Å². The Hall–Kier alpha value is -3.39. The first-order chi connectivity index (χ1) is 15.1. The first-order valence-corrected chi connectivity index (χ1v) is 10.9. The number of aryl methyl sites for hydroxylation is 1. The number of benzene rings is 2. The number of Topliss-reactive ketones (excluding diaryl/α,β-unsaturated/α-hetero) is 1. The lowest BCUT2D eigenvalue weighted by atomic mass is 9.85. The maximum Gasteiger partial charge on any atom is 0.301 e. The lowest BCUT2D eigenvalue weighted by Gasteiger charge is -2.24. The molecule has 1 amide bonds. The first kappa shape index (κ1) is 21.8. The van der Waals surface area contributed by atoms with Gasteiger partial charge in [0.05, 0.1) is 11.6 Å². The Bertz CT molecular complexity index is 1220. The van der Waals surface area contributed by atoms with Gasteiger partial charge in [-0.3, -0.25) is 14.5 Å². The molecule has 1 atom stereocenters. The molecule has 164 valence electrons. The van der Waals surface area contributed by atoms with Crippen LogP contribution in [0.1, 0.15) is 48.5 Å². The molecule has 0 radical (unpaired) electrons. The van der Waals surface area contributed by atoms with Crippen LogP contribution in [0.3, 0.4) is 0 Å². The Morgan fingerprint density at radius 2 is 1.66 bits per heavy atom. The molecule has 4 rings (SSSR count). The minimum absolute atomic E-state index is 0.0713. The standard InChI is InChI=1S/C24H22FN3O3S/c1-13-26-27-23(32-13)28-19(14-5-9-16(10-6-14)24(2,3)4)18(21(30)22(28)31)20(29)15-7-11-17(25)12-8-15/h5-12,19,29H,1-4H3/t19-/m0/s1. The van der Waals surface area contributed by atoms with Crippen LogP contribution in [0.4, 0.5) is 9.52 Å². The largest absolute Gasteiger partial charge is 0.507 e. The average molecular weight is 452 g/mol. The maximum absolute atomic E-state index is 13.4. The number of carbonyl (C=O) groups excluding carboxylic acids is 2. The molecule has 0 spiro atoms. The molecule has 3 aromatic rings. The SMILES string of the molecule is Cc1nnc(N2C(=O)C(=O)C(=C(O)c3ccc(F)cc3)[C@@H]2c2ccc(C(C)(C)C)cc2)s1. The maximum atomic E-state index is 13.4. The molecule has 2 heterocycles. The number of nitrogens with zero attached hydrogens (tertiary/aromatic N) is 3. The van der Waals surface area contributed by atoms with Crippen LogP contribution in [0.25, 0.3) is 5.76 Å². The van der Waals surface area contributed by atoms with Crippen molar-refractivity contribution in [3.8, 4) is 0 Å². The average Bonchev–Trinajstić information content (AvgIpc) is 3.28. The van der Waals surface area contributed by atoms with E-state index in [-0.39, 0.29) is 27.4 Å². The van der Waals surface area contributed by atoms with Crippen molar-refractivity contribution in [3.63, 3.8) is 0 Å². The minimum Gasteiger partial charge on any atom is -0.507 e. The Morgan fingerprint density at radius 3 is 2.19 bits per heavy atom. The topological polar surface area (TPSA) is 83.4 Å². The van der Waals surface area contributed by atoms with Crippen molar-refractivity contribution >= 4 is 33.9 Å². The van der Waals surface area contributed by atoms with Crippen LogP contribution in [0, 0.1) is 12.7 Å². The number of aromatic nitrogens is 2. The summed E-state index contributed by atoms with van der Waals surface area (Å²) in [6, 6.07) is 11.8. The van der Waals surface area contributed by atoms with E-state index in [1.54, 1.807) is 6.92 Å². The number of rotatable bonds is 3. The molecule has 0 unspecified atom stereocenters. The number of ketones is 1.